The van der Waals surface area contributed by atoms with Crippen LogP contribution < -0.4 is 10.6 Å². The fraction of sp³-hybridized carbons (Fsp3) is 0.500. The summed E-state index contributed by atoms with van der Waals surface area (Å²) in [6, 6.07) is 9.06. The maximum Gasteiger partial charge on any atom is 0.282 e. The van der Waals surface area contributed by atoms with Crippen molar-refractivity contribution in [2.75, 3.05) is 25.1 Å². The van der Waals surface area contributed by atoms with E-state index in [-0.39, 0.29) is 6.04 Å². The van der Waals surface area contributed by atoms with Gasteiger partial charge in [0.05, 0.1) is 0 Å². The van der Waals surface area contributed by atoms with E-state index in [9.17, 15) is 0 Å². The maximum atomic E-state index is 5.51. The number of nitrogens with zero attached hydrogens (tertiary/aromatic N) is 2. The number of hydrogen-bond acceptors (Lipinski definition) is 4. The molecule has 1 aliphatic rings. The molecule has 0 fully saturated rings. The standard InChI is InChI=1S/C14H21N3O/c1-10(2)11-5-4-6-13(7-11)17(3)8-12-9-18-14(15)16-12/h4-7,10,12H,8-9H2,1-3H3,(H2,15,16)/t12-/m0/s1. The van der Waals surface area contributed by atoms with Gasteiger partial charge < -0.3 is 15.4 Å². The van der Waals surface area contributed by atoms with Crippen LogP contribution in [0, 0.1) is 0 Å². The lowest BCUT2D eigenvalue weighted by Gasteiger charge is -2.22. The molecule has 0 aliphatic carbocycles. The van der Waals surface area contributed by atoms with Gasteiger partial charge in [0.2, 0.25) is 0 Å². The van der Waals surface area contributed by atoms with Crippen molar-refractivity contribution in [1.29, 1.82) is 0 Å². The van der Waals surface area contributed by atoms with E-state index < -0.39 is 0 Å². The number of amidine groups is 1. The lowest BCUT2D eigenvalue weighted by Crippen LogP contribution is -2.28. The molecule has 2 rings (SSSR count). The van der Waals surface area contributed by atoms with Crippen LogP contribution in [0.15, 0.2) is 29.3 Å². The molecule has 0 spiro atoms. The second kappa shape index (κ2) is 5.29. The molecule has 1 aromatic rings. The molecule has 0 bridgehead atoms. The maximum absolute atomic E-state index is 5.51. The highest BCUT2D eigenvalue weighted by atomic mass is 16.5. The lowest BCUT2D eigenvalue weighted by atomic mass is 10.0. The summed E-state index contributed by atoms with van der Waals surface area (Å²) < 4.78 is 5.17. The second-order valence-corrected chi connectivity index (χ2v) is 5.06. The minimum Gasteiger partial charge on any atom is -0.463 e. The molecule has 0 aromatic heterocycles. The summed E-state index contributed by atoms with van der Waals surface area (Å²) in [5.74, 6) is 0.543. The number of hydrogen-bond donors (Lipinski definition) is 1. The Kier molecular flexibility index (Phi) is 3.75. The molecule has 1 atom stereocenters. The molecule has 18 heavy (non-hydrogen) atoms. The van der Waals surface area contributed by atoms with E-state index in [4.69, 9.17) is 10.5 Å². The van der Waals surface area contributed by atoms with Crippen LogP contribution in [-0.2, 0) is 4.74 Å². The third kappa shape index (κ3) is 2.94. The number of likely N-dealkylation sites (N-methyl/N-ethyl adjacent to an activating group) is 1. The van der Waals surface area contributed by atoms with Crippen LogP contribution in [-0.4, -0.2) is 32.3 Å². The van der Waals surface area contributed by atoms with Crippen molar-refractivity contribution < 1.29 is 4.74 Å². The van der Waals surface area contributed by atoms with Crippen LogP contribution in [0.4, 0.5) is 5.69 Å². The Balaban J connectivity index is 2.04. The van der Waals surface area contributed by atoms with Crippen molar-refractivity contribution in [3.05, 3.63) is 29.8 Å². The van der Waals surface area contributed by atoms with Crippen LogP contribution in [0.1, 0.15) is 25.3 Å². The van der Waals surface area contributed by atoms with E-state index in [1.54, 1.807) is 0 Å². The summed E-state index contributed by atoms with van der Waals surface area (Å²) in [5, 5.41) is 0. The molecule has 4 nitrogen and oxygen atoms in total. The van der Waals surface area contributed by atoms with Gasteiger partial charge in [0.25, 0.3) is 6.02 Å². The van der Waals surface area contributed by atoms with Gasteiger partial charge in [-0.25, -0.2) is 4.99 Å². The van der Waals surface area contributed by atoms with Gasteiger partial charge in [-0.15, -0.1) is 0 Å². The first-order chi connectivity index (χ1) is 8.56. The fourth-order valence-corrected chi connectivity index (χ4v) is 2.07. The van der Waals surface area contributed by atoms with Crippen molar-refractivity contribution in [3.63, 3.8) is 0 Å². The van der Waals surface area contributed by atoms with Gasteiger partial charge in [0, 0.05) is 19.3 Å². The number of nitrogens with two attached hydrogens (primary N) is 1. The third-order valence-corrected chi connectivity index (χ3v) is 3.20. The average molecular weight is 247 g/mol. The zero-order valence-corrected chi connectivity index (χ0v) is 11.3. The predicted octanol–water partition coefficient (Wildman–Crippen LogP) is 1.96. The summed E-state index contributed by atoms with van der Waals surface area (Å²) >= 11 is 0. The molecule has 1 aliphatic heterocycles. The van der Waals surface area contributed by atoms with Crippen molar-refractivity contribution in [2.24, 2.45) is 10.7 Å². The molecule has 1 aromatic carbocycles. The van der Waals surface area contributed by atoms with E-state index in [2.05, 4.69) is 55.1 Å². The quantitative estimate of drug-likeness (QED) is 0.885. The van der Waals surface area contributed by atoms with Crippen molar-refractivity contribution in [3.8, 4) is 0 Å². The first kappa shape index (κ1) is 12.7. The van der Waals surface area contributed by atoms with Crippen LogP contribution in [0.25, 0.3) is 0 Å². The predicted molar refractivity (Wildman–Crippen MR) is 75.2 cm³/mol. The number of rotatable bonds is 4. The van der Waals surface area contributed by atoms with Crippen molar-refractivity contribution >= 4 is 11.7 Å². The summed E-state index contributed by atoms with van der Waals surface area (Å²) in [7, 11) is 2.07. The minimum atomic E-state index is 0.137. The van der Waals surface area contributed by atoms with Gasteiger partial charge in [-0.3, -0.25) is 0 Å². The molecule has 0 saturated heterocycles. The first-order valence-corrected chi connectivity index (χ1v) is 6.33. The van der Waals surface area contributed by atoms with Crippen molar-refractivity contribution in [2.45, 2.75) is 25.8 Å². The average Bonchev–Trinajstić information content (AvgIpc) is 2.75. The van der Waals surface area contributed by atoms with Gasteiger partial charge >= 0.3 is 0 Å². The topological polar surface area (TPSA) is 50.9 Å². The largest absolute Gasteiger partial charge is 0.463 e. The Bertz CT molecular complexity index is 442. The zero-order valence-electron chi connectivity index (χ0n) is 11.3. The molecule has 4 heteroatoms. The highest BCUT2D eigenvalue weighted by Crippen LogP contribution is 2.21. The van der Waals surface area contributed by atoms with Gasteiger partial charge in [0.1, 0.15) is 12.6 Å². The van der Waals surface area contributed by atoms with Gasteiger partial charge in [0.15, 0.2) is 0 Å². The Morgan fingerprint density at radius 2 is 2.28 bits per heavy atom. The third-order valence-electron chi connectivity index (χ3n) is 3.20. The molecular weight excluding hydrogens is 226 g/mol. The molecule has 0 radical (unpaired) electrons. The Morgan fingerprint density at radius 3 is 2.89 bits per heavy atom. The summed E-state index contributed by atoms with van der Waals surface area (Å²) in [6.45, 7) is 5.81. The summed E-state index contributed by atoms with van der Waals surface area (Å²) in [5.41, 5.74) is 8.07. The van der Waals surface area contributed by atoms with Crippen LogP contribution in [0.5, 0.6) is 0 Å². The van der Waals surface area contributed by atoms with Crippen LogP contribution >= 0.6 is 0 Å². The minimum absolute atomic E-state index is 0.137. The Hall–Kier alpha value is -1.71. The fourth-order valence-electron chi connectivity index (χ4n) is 2.07. The number of anilines is 1. The number of aliphatic imine (C=N–C) groups is 1. The molecule has 98 valence electrons. The van der Waals surface area contributed by atoms with E-state index in [0.29, 0.717) is 18.5 Å². The van der Waals surface area contributed by atoms with Crippen molar-refractivity contribution in [1.82, 2.24) is 0 Å². The Morgan fingerprint density at radius 1 is 1.50 bits per heavy atom. The van der Waals surface area contributed by atoms with Crippen LogP contribution in [0.2, 0.25) is 0 Å². The smallest absolute Gasteiger partial charge is 0.282 e. The molecule has 0 amide bonds. The van der Waals surface area contributed by atoms with Gasteiger partial charge in [-0.05, 0) is 23.6 Å². The molecular formula is C14H21N3O. The van der Waals surface area contributed by atoms with Gasteiger partial charge in [-0.1, -0.05) is 26.0 Å². The normalized spacial score (nSPS) is 18.7. The van der Waals surface area contributed by atoms with E-state index >= 15 is 0 Å². The lowest BCUT2D eigenvalue weighted by molar-refractivity contribution is 0.314. The number of ether oxygens (including phenoxy) is 1. The van der Waals surface area contributed by atoms with E-state index in [1.165, 1.54) is 11.3 Å². The molecule has 1 heterocycles. The SMILES string of the molecule is CC(C)c1cccc(N(C)C[C@H]2COC(N)=N2)c1. The molecule has 2 N–H and O–H groups in total. The van der Waals surface area contributed by atoms with E-state index in [1.807, 2.05) is 0 Å². The van der Waals surface area contributed by atoms with E-state index in [0.717, 1.165) is 6.54 Å². The Labute approximate surface area is 108 Å². The number of benzene rings is 1. The second-order valence-electron chi connectivity index (χ2n) is 5.06. The van der Waals surface area contributed by atoms with Crippen LogP contribution in [0.3, 0.4) is 0 Å². The van der Waals surface area contributed by atoms with Gasteiger partial charge in [-0.2, -0.15) is 0 Å². The first-order valence-electron chi connectivity index (χ1n) is 6.33. The monoisotopic (exact) mass is 247 g/mol. The summed E-state index contributed by atoms with van der Waals surface area (Å²) in [4.78, 5) is 6.44. The highest BCUT2D eigenvalue weighted by Gasteiger charge is 2.18. The zero-order chi connectivity index (χ0) is 13.1. The molecule has 0 unspecified atom stereocenters. The summed E-state index contributed by atoms with van der Waals surface area (Å²) in [6.07, 6.45) is 0. The highest BCUT2D eigenvalue weighted by molar-refractivity contribution is 5.73. The molecule has 0 saturated carbocycles.